The van der Waals surface area contributed by atoms with E-state index in [1.54, 1.807) is 0 Å². The minimum Gasteiger partial charge on any atom is -0.360 e. The van der Waals surface area contributed by atoms with E-state index in [1.165, 1.54) is 0 Å². The Kier molecular flexibility index (Phi) is 3.27. The lowest BCUT2D eigenvalue weighted by atomic mass is 10.1. The fraction of sp³-hybridized carbons (Fsp3) is 0.200. The molecule has 1 aromatic carbocycles. The molecule has 2 aromatic heterocycles. The van der Waals surface area contributed by atoms with Gasteiger partial charge in [-0.3, -0.25) is 9.36 Å². The quantitative estimate of drug-likeness (QED) is 0.665. The highest BCUT2D eigenvalue weighted by molar-refractivity contribution is 6.15. The van der Waals surface area contributed by atoms with Crippen LogP contribution >= 0.6 is 0 Å². The van der Waals surface area contributed by atoms with E-state index in [4.69, 9.17) is 4.52 Å². The molecule has 0 unspecified atom stereocenters. The number of rotatable bonds is 2. The molecule has 0 saturated heterocycles. The molecule has 0 fully saturated rings. The summed E-state index contributed by atoms with van der Waals surface area (Å²) in [6.45, 7) is 5.95. The number of aromatic nitrogens is 2. The zero-order valence-corrected chi connectivity index (χ0v) is 14.0. The number of benzene rings is 1. The first kappa shape index (κ1) is 14.7. The fourth-order valence-electron chi connectivity index (χ4n) is 3.40. The van der Waals surface area contributed by atoms with Crippen LogP contribution in [0.15, 0.2) is 46.5 Å². The smallest absolute Gasteiger partial charge is 0.189 e. The highest BCUT2D eigenvalue weighted by Gasteiger charge is 2.24. The van der Waals surface area contributed by atoms with Gasteiger partial charge < -0.3 is 4.52 Å². The van der Waals surface area contributed by atoms with E-state index in [1.807, 2.05) is 57.2 Å². The standard InChI is InChI=1S/C20H18N2O2/c1-12-8-16(14(3)22(12)19-9-13(2)24-21-19)11-17-10-15-6-4-5-7-18(15)20(17)23/h4-9,11H,10H2,1-3H3/b17-11+. The maximum absolute atomic E-state index is 12.6. The molecule has 0 saturated carbocycles. The van der Waals surface area contributed by atoms with Crippen molar-refractivity contribution in [3.05, 3.63) is 75.8 Å². The molecule has 0 N–H and O–H groups in total. The van der Waals surface area contributed by atoms with Crippen LogP contribution in [0.4, 0.5) is 0 Å². The number of allylic oxidation sites excluding steroid dienone is 1. The third kappa shape index (κ3) is 2.22. The lowest BCUT2D eigenvalue weighted by Crippen LogP contribution is -1.99. The van der Waals surface area contributed by atoms with Gasteiger partial charge in [-0.05, 0) is 44.0 Å². The normalized spacial score (nSPS) is 15.3. The Bertz CT molecular complexity index is 989. The molecule has 2 heterocycles. The van der Waals surface area contributed by atoms with Gasteiger partial charge in [0, 0.05) is 35.0 Å². The van der Waals surface area contributed by atoms with Gasteiger partial charge in [-0.2, -0.15) is 0 Å². The molecule has 0 radical (unpaired) electrons. The highest BCUT2D eigenvalue weighted by atomic mass is 16.5. The number of aryl methyl sites for hydroxylation is 2. The van der Waals surface area contributed by atoms with Crippen LogP contribution in [0.5, 0.6) is 0 Å². The van der Waals surface area contributed by atoms with Gasteiger partial charge in [0.2, 0.25) is 0 Å². The second kappa shape index (κ2) is 5.34. The Morgan fingerprint density at radius 1 is 1.17 bits per heavy atom. The van der Waals surface area contributed by atoms with Crippen LogP contribution in [0.2, 0.25) is 0 Å². The number of carbonyl (C=O) groups excluding carboxylic acids is 1. The molecule has 4 heteroatoms. The topological polar surface area (TPSA) is 48.0 Å². The molecule has 0 atom stereocenters. The van der Waals surface area contributed by atoms with Crippen molar-refractivity contribution in [3.8, 4) is 5.82 Å². The van der Waals surface area contributed by atoms with Gasteiger partial charge >= 0.3 is 0 Å². The summed E-state index contributed by atoms with van der Waals surface area (Å²) in [6, 6.07) is 11.8. The van der Waals surface area contributed by atoms with E-state index in [9.17, 15) is 4.79 Å². The summed E-state index contributed by atoms with van der Waals surface area (Å²) in [4.78, 5) is 12.6. The number of ketones is 1. The average Bonchev–Trinajstić information content (AvgIpc) is 3.19. The number of nitrogens with zero attached hydrogens (tertiary/aromatic N) is 2. The van der Waals surface area contributed by atoms with E-state index in [-0.39, 0.29) is 5.78 Å². The van der Waals surface area contributed by atoms with E-state index >= 15 is 0 Å². The van der Waals surface area contributed by atoms with Crippen LogP contribution < -0.4 is 0 Å². The van der Waals surface area contributed by atoms with Crippen molar-refractivity contribution in [1.82, 2.24) is 9.72 Å². The van der Waals surface area contributed by atoms with Gasteiger partial charge in [-0.15, -0.1) is 0 Å². The maximum atomic E-state index is 12.6. The lowest BCUT2D eigenvalue weighted by Gasteiger charge is -2.04. The van der Waals surface area contributed by atoms with Crippen molar-refractivity contribution in [2.75, 3.05) is 0 Å². The van der Waals surface area contributed by atoms with Crippen LogP contribution in [-0.2, 0) is 6.42 Å². The van der Waals surface area contributed by atoms with Crippen molar-refractivity contribution >= 4 is 11.9 Å². The van der Waals surface area contributed by atoms with E-state index in [0.29, 0.717) is 6.42 Å². The molecule has 4 nitrogen and oxygen atoms in total. The minimum atomic E-state index is 0.132. The van der Waals surface area contributed by atoms with Crippen molar-refractivity contribution in [2.45, 2.75) is 27.2 Å². The molecule has 4 rings (SSSR count). The highest BCUT2D eigenvalue weighted by Crippen LogP contribution is 2.29. The summed E-state index contributed by atoms with van der Waals surface area (Å²) in [5.41, 5.74) is 5.93. The molecule has 0 aliphatic heterocycles. The zero-order chi connectivity index (χ0) is 16.8. The summed E-state index contributed by atoms with van der Waals surface area (Å²) < 4.78 is 7.24. The molecule has 24 heavy (non-hydrogen) atoms. The van der Waals surface area contributed by atoms with Crippen molar-refractivity contribution in [3.63, 3.8) is 0 Å². The molecule has 1 aliphatic carbocycles. The van der Waals surface area contributed by atoms with Crippen molar-refractivity contribution < 1.29 is 9.32 Å². The Labute approximate surface area is 140 Å². The zero-order valence-electron chi connectivity index (χ0n) is 14.0. The predicted molar refractivity (Wildman–Crippen MR) is 92.5 cm³/mol. The predicted octanol–water partition coefficient (Wildman–Crippen LogP) is 4.21. The molecular weight excluding hydrogens is 300 g/mol. The summed E-state index contributed by atoms with van der Waals surface area (Å²) in [5.74, 6) is 1.68. The molecule has 120 valence electrons. The van der Waals surface area contributed by atoms with Crippen LogP contribution in [0, 0.1) is 20.8 Å². The number of hydrogen-bond acceptors (Lipinski definition) is 3. The monoisotopic (exact) mass is 318 g/mol. The Morgan fingerprint density at radius 3 is 2.67 bits per heavy atom. The van der Waals surface area contributed by atoms with Crippen LogP contribution in [-0.4, -0.2) is 15.5 Å². The lowest BCUT2D eigenvalue weighted by molar-refractivity contribution is 0.104. The molecule has 1 aliphatic rings. The van der Waals surface area contributed by atoms with Gasteiger partial charge in [-0.1, -0.05) is 29.4 Å². The summed E-state index contributed by atoms with van der Waals surface area (Å²) >= 11 is 0. The van der Waals surface area contributed by atoms with E-state index < -0.39 is 0 Å². The van der Waals surface area contributed by atoms with Gasteiger partial charge in [0.1, 0.15) is 5.76 Å². The second-order valence-corrected chi connectivity index (χ2v) is 6.29. The first-order valence-corrected chi connectivity index (χ1v) is 8.00. The van der Waals surface area contributed by atoms with Gasteiger partial charge in [-0.25, -0.2) is 0 Å². The maximum Gasteiger partial charge on any atom is 0.189 e. The van der Waals surface area contributed by atoms with Gasteiger partial charge in [0.15, 0.2) is 11.6 Å². The average molecular weight is 318 g/mol. The van der Waals surface area contributed by atoms with Crippen molar-refractivity contribution in [2.24, 2.45) is 0 Å². The summed E-state index contributed by atoms with van der Waals surface area (Å²) in [5, 5.41) is 4.10. The van der Waals surface area contributed by atoms with Gasteiger partial charge in [0.25, 0.3) is 0 Å². The van der Waals surface area contributed by atoms with E-state index in [0.717, 1.165) is 45.2 Å². The van der Waals surface area contributed by atoms with Crippen LogP contribution in [0.3, 0.4) is 0 Å². The van der Waals surface area contributed by atoms with Crippen LogP contribution in [0.25, 0.3) is 11.9 Å². The summed E-state index contributed by atoms with van der Waals surface area (Å²) in [7, 11) is 0. The molecule has 0 bridgehead atoms. The Balaban J connectivity index is 1.76. The Hall–Kier alpha value is -2.88. The first-order chi connectivity index (χ1) is 11.5. The minimum absolute atomic E-state index is 0.132. The largest absolute Gasteiger partial charge is 0.360 e. The molecule has 3 aromatic rings. The third-order valence-electron chi connectivity index (χ3n) is 4.58. The number of hydrogen-bond donors (Lipinski definition) is 0. The molecular formula is C20H18N2O2. The second-order valence-electron chi connectivity index (χ2n) is 6.29. The van der Waals surface area contributed by atoms with Crippen LogP contribution in [0.1, 0.15) is 38.6 Å². The summed E-state index contributed by atoms with van der Waals surface area (Å²) in [6.07, 6.45) is 2.70. The number of Topliss-reactive ketones (excluding diaryl/α,β-unsaturated/α-hetero) is 1. The SMILES string of the molecule is Cc1cc(-n2c(C)cc(/C=C3\Cc4ccccc4C3=O)c2C)no1. The molecule has 0 spiro atoms. The van der Waals surface area contributed by atoms with Crippen molar-refractivity contribution in [1.29, 1.82) is 0 Å². The first-order valence-electron chi connectivity index (χ1n) is 8.00. The fourth-order valence-corrected chi connectivity index (χ4v) is 3.40. The molecule has 0 amide bonds. The van der Waals surface area contributed by atoms with E-state index in [2.05, 4.69) is 15.8 Å². The third-order valence-corrected chi connectivity index (χ3v) is 4.58. The Morgan fingerprint density at radius 2 is 1.96 bits per heavy atom. The number of fused-ring (bicyclic) bond motifs is 1. The number of carbonyl (C=O) groups is 1. The van der Waals surface area contributed by atoms with Gasteiger partial charge in [0.05, 0.1) is 0 Å².